The largest absolute Gasteiger partial charge is 0.296 e. The average Bonchev–Trinajstić information content (AvgIpc) is 2.72. The van der Waals surface area contributed by atoms with Gasteiger partial charge in [0.25, 0.3) is 0 Å². The van der Waals surface area contributed by atoms with E-state index in [9.17, 15) is 0 Å². The molecule has 0 heterocycles. The lowest BCUT2D eigenvalue weighted by Gasteiger charge is -2.29. The summed E-state index contributed by atoms with van der Waals surface area (Å²) in [6, 6.07) is 17.9. The molecule has 1 atom stereocenters. The van der Waals surface area contributed by atoms with Crippen LogP contribution in [0.1, 0.15) is 47.4 Å². The molecule has 1 nitrogen and oxygen atoms in total. The van der Waals surface area contributed by atoms with Gasteiger partial charge in [0.15, 0.2) is 0 Å². The first-order chi connectivity index (χ1) is 13.7. The second-order valence-corrected chi connectivity index (χ2v) is 7.74. The Kier molecular flexibility index (Phi) is 9.44. The molecule has 29 heavy (non-hydrogen) atoms. The summed E-state index contributed by atoms with van der Waals surface area (Å²) in [6.07, 6.45) is 11.2. The van der Waals surface area contributed by atoms with Gasteiger partial charge in [-0.1, -0.05) is 66.8 Å². The molecule has 2 aromatic rings. The Bertz CT molecular complexity index is 826. The lowest BCUT2D eigenvalue weighted by molar-refractivity contribution is 0.342. The molecule has 2 aromatic carbocycles. The fourth-order valence-electron chi connectivity index (χ4n) is 4.44. The minimum absolute atomic E-state index is 0. The van der Waals surface area contributed by atoms with Gasteiger partial charge in [-0.15, -0.1) is 25.6 Å². The van der Waals surface area contributed by atoms with Crippen LogP contribution in [-0.4, -0.2) is 24.5 Å². The smallest absolute Gasteiger partial charge is 0.0164 e. The SMILES string of the molecule is C=CCN(CC=C)CCC=C(c1ccccc1C)C1CCCc2ccccc21.Cl. The number of allylic oxidation sites excluding steroid dienone is 1. The average molecular weight is 408 g/mol. The molecule has 1 aliphatic carbocycles. The fourth-order valence-corrected chi connectivity index (χ4v) is 4.44. The van der Waals surface area contributed by atoms with E-state index in [-0.39, 0.29) is 12.4 Å². The predicted octanol–water partition coefficient (Wildman–Crippen LogP) is 6.98. The van der Waals surface area contributed by atoms with E-state index >= 15 is 0 Å². The van der Waals surface area contributed by atoms with E-state index < -0.39 is 0 Å². The molecule has 0 spiro atoms. The molecule has 0 amide bonds. The van der Waals surface area contributed by atoms with Crippen LogP contribution in [0.25, 0.3) is 5.57 Å². The number of hydrogen-bond acceptors (Lipinski definition) is 1. The van der Waals surface area contributed by atoms with Crippen molar-refractivity contribution in [3.05, 3.63) is 102 Å². The molecule has 3 rings (SSSR count). The molecule has 1 aliphatic rings. The highest BCUT2D eigenvalue weighted by Crippen LogP contribution is 2.42. The monoisotopic (exact) mass is 407 g/mol. The van der Waals surface area contributed by atoms with Crippen LogP contribution < -0.4 is 0 Å². The van der Waals surface area contributed by atoms with Crippen molar-refractivity contribution in [2.24, 2.45) is 0 Å². The van der Waals surface area contributed by atoms with Crippen LogP contribution in [-0.2, 0) is 6.42 Å². The molecular weight excluding hydrogens is 374 g/mol. The van der Waals surface area contributed by atoms with E-state index in [0.717, 1.165) is 26.1 Å². The Morgan fingerprint density at radius 2 is 1.72 bits per heavy atom. The Morgan fingerprint density at radius 3 is 2.45 bits per heavy atom. The van der Waals surface area contributed by atoms with Gasteiger partial charge in [0.1, 0.15) is 0 Å². The summed E-state index contributed by atoms with van der Waals surface area (Å²) in [6.45, 7) is 12.9. The van der Waals surface area contributed by atoms with Crippen molar-refractivity contribution >= 4 is 18.0 Å². The molecule has 0 saturated carbocycles. The third-order valence-electron chi connectivity index (χ3n) is 5.79. The second kappa shape index (κ2) is 11.8. The van der Waals surface area contributed by atoms with Crippen LogP contribution in [0, 0.1) is 6.92 Å². The Morgan fingerprint density at radius 1 is 1.03 bits per heavy atom. The quantitative estimate of drug-likeness (QED) is 0.405. The fraction of sp³-hybridized carbons (Fsp3) is 0.333. The number of halogens is 1. The summed E-state index contributed by atoms with van der Waals surface area (Å²) >= 11 is 0. The van der Waals surface area contributed by atoms with Crippen LogP contribution in [0.2, 0.25) is 0 Å². The van der Waals surface area contributed by atoms with E-state index in [1.165, 1.54) is 47.1 Å². The number of fused-ring (bicyclic) bond motifs is 1. The lowest BCUT2D eigenvalue weighted by atomic mass is 9.75. The third kappa shape index (κ3) is 5.95. The summed E-state index contributed by atoms with van der Waals surface area (Å²) in [5, 5.41) is 0. The molecular formula is C27H34ClN. The molecule has 0 aromatic heterocycles. The van der Waals surface area contributed by atoms with Crippen molar-refractivity contribution in [2.75, 3.05) is 19.6 Å². The van der Waals surface area contributed by atoms with Gasteiger partial charge in [-0.2, -0.15) is 0 Å². The lowest BCUT2D eigenvalue weighted by Crippen LogP contribution is -2.24. The van der Waals surface area contributed by atoms with Crippen LogP contribution in [0.4, 0.5) is 0 Å². The van der Waals surface area contributed by atoms with Crippen LogP contribution in [0.5, 0.6) is 0 Å². The second-order valence-electron chi connectivity index (χ2n) is 7.74. The first kappa shape index (κ1) is 23.2. The van der Waals surface area contributed by atoms with Crippen molar-refractivity contribution in [3.63, 3.8) is 0 Å². The van der Waals surface area contributed by atoms with Crippen molar-refractivity contribution in [1.82, 2.24) is 4.90 Å². The molecule has 0 fully saturated rings. The standard InChI is InChI=1S/C27H33N.ClH/c1-4-19-28(20-5-2)21-11-18-26(24-15-8-6-12-22(24)3)27-17-10-14-23-13-7-9-16-25(23)27;/h4-9,12-13,15-16,18,27H,1-2,10-11,14,17,19-21H2,3H3;1H. The Balaban J connectivity index is 0.00000300. The molecule has 154 valence electrons. The van der Waals surface area contributed by atoms with Gasteiger partial charge >= 0.3 is 0 Å². The summed E-state index contributed by atoms with van der Waals surface area (Å²) < 4.78 is 0. The highest BCUT2D eigenvalue weighted by molar-refractivity contribution is 5.85. The van der Waals surface area contributed by atoms with Gasteiger partial charge in [0, 0.05) is 25.6 Å². The highest BCUT2D eigenvalue weighted by Gasteiger charge is 2.24. The zero-order chi connectivity index (χ0) is 19.8. The van der Waals surface area contributed by atoms with Gasteiger partial charge in [0.2, 0.25) is 0 Å². The molecule has 1 unspecified atom stereocenters. The minimum atomic E-state index is 0. The van der Waals surface area contributed by atoms with E-state index in [2.05, 4.69) is 79.6 Å². The Labute approximate surface area is 183 Å². The Hall–Kier alpha value is -2.09. The van der Waals surface area contributed by atoms with Crippen molar-refractivity contribution in [2.45, 2.75) is 38.5 Å². The first-order valence-corrected chi connectivity index (χ1v) is 10.5. The topological polar surface area (TPSA) is 3.24 Å². The highest BCUT2D eigenvalue weighted by atomic mass is 35.5. The van der Waals surface area contributed by atoms with Crippen molar-refractivity contribution in [3.8, 4) is 0 Å². The van der Waals surface area contributed by atoms with Crippen LogP contribution in [0.3, 0.4) is 0 Å². The normalized spacial score (nSPS) is 16.1. The maximum Gasteiger partial charge on any atom is 0.0164 e. The maximum atomic E-state index is 3.89. The summed E-state index contributed by atoms with van der Waals surface area (Å²) in [5.41, 5.74) is 7.33. The number of rotatable bonds is 9. The van der Waals surface area contributed by atoms with E-state index in [1.54, 1.807) is 0 Å². The zero-order valence-electron chi connectivity index (χ0n) is 17.6. The van der Waals surface area contributed by atoms with Crippen LogP contribution in [0.15, 0.2) is 79.9 Å². The van der Waals surface area contributed by atoms with E-state index in [1.807, 2.05) is 12.2 Å². The molecule has 0 aliphatic heterocycles. The van der Waals surface area contributed by atoms with Crippen LogP contribution >= 0.6 is 12.4 Å². The third-order valence-corrected chi connectivity index (χ3v) is 5.79. The van der Waals surface area contributed by atoms with Gasteiger partial charge in [-0.3, -0.25) is 4.90 Å². The first-order valence-electron chi connectivity index (χ1n) is 10.5. The number of aryl methyl sites for hydroxylation is 2. The molecule has 2 heteroatoms. The van der Waals surface area contributed by atoms with Gasteiger partial charge in [-0.05, 0) is 60.4 Å². The number of nitrogens with zero attached hydrogens (tertiary/aromatic N) is 1. The van der Waals surface area contributed by atoms with E-state index in [0.29, 0.717) is 5.92 Å². The van der Waals surface area contributed by atoms with E-state index in [4.69, 9.17) is 0 Å². The van der Waals surface area contributed by atoms with Crippen molar-refractivity contribution < 1.29 is 0 Å². The summed E-state index contributed by atoms with van der Waals surface area (Å²) in [5.74, 6) is 0.498. The predicted molar refractivity (Wildman–Crippen MR) is 130 cm³/mol. The number of hydrogen-bond donors (Lipinski definition) is 0. The van der Waals surface area contributed by atoms with Gasteiger partial charge < -0.3 is 0 Å². The summed E-state index contributed by atoms with van der Waals surface area (Å²) in [7, 11) is 0. The molecule has 0 bridgehead atoms. The molecule has 0 saturated heterocycles. The molecule has 0 radical (unpaired) electrons. The summed E-state index contributed by atoms with van der Waals surface area (Å²) in [4.78, 5) is 2.39. The minimum Gasteiger partial charge on any atom is -0.296 e. The molecule has 0 N–H and O–H groups in total. The van der Waals surface area contributed by atoms with Gasteiger partial charge in [0.05, 0.1) is 0 Å². The van der Waals surface area contributed by atoms with Crippen molar-refractivity contribution in [1.29, 1.82) is 0 Å². The zero-order valence-corrected chi connectivity index (χ0v) is 18.5. The number of benzene rings is 2. The van der Waals surface area contributed by atoms with Gasteiger partial charge in [-0.25, -0.2) is 0 Å². The maximum absolute atomic E-state index is 3.89.